The fourth-order valence-corrected chi connectivity index (χ4v) is 5.96. The molecule has 4 rings (SSSR count). The highest BCUT2D eigenvalue weighted by Crippen LogP contribution is 2.25. The summed E-state index contributed by atoms with van der Waals surface area (Å²) < 4.78 is 32.5. The normalized spacial score (nSPS) is 24.2. The predicted octanol–water partition coefficient (Wildman–Crippen LogP) is 0.937. The lowest BCUT2D eigenvalue weighted by molar-refractivity contribution is -0.147. The first kappa shape index (κ1) is 21.3. The molecular weight excluding hydrogens is 406 g/mol. The molecule has 3 aliphatic heterocycles. The molecule has 9 heteroatoms. The highest BCUT2D eigenvalue weighted by atomic mass is 32.2. The van der Waals surface area contributed by atoms with Gasteiger partial charge in [0.1, 0.15) is 6.10 Å². The van der Waals surface area contributed by atoms with E-state index in [0.717, 1.165) is 12.8 Å². The minimum Gasteiger partial charge on any atom is -0.368 e. The van der Waals surface area contributed by atoms with Gasteiger partial charge in [-0.1, -0.05) is 18.2 Å². The van der Waals surface area contributed by atoms with E-state index in [0.29, 0.717) is 63.6 Å². The van der Waals surface area contributed by atoms with Gasteiger partial charge in [0.2, 0.25) is 15.9 Å². The lowest BCUT2D eigenvalue weighted by atomic mass is 9.96. The molecule has 0 aliphatic carbocycles. The number of carbonyl (C=O) groups excluding carboxylic acids is 2. The zero-order valence-corrected chi connectivity index (χ0v) is 17.9. The summed E-state index contributed by atoms with van der Waals surface area (Å²) >= 11 is 0. The monoisotopic (exact) mass is 435 g/mol. The van der Waals surface area contributed by atoms with Crippen molar-refractivity contribution in [1.82, 2.24) is 14.1 Å². The molecule has 0 saturated carbocycles. The zero-order valence-electron chi connectivity index (χ0n) is 17.1. The summed E-state index contributed by atoms with van der Waals surface area (Å²) in [5.74, 6) is -0.0392. The fraction of sp³-hybridized carbons (Fsp3) is 0.619. The second kappa shape index (κ2) is 9.03. The van der Waals surface area contributed by atoms with E-state index in [1.54, 1.807) is 35.2 Å². The summed E-state index contributed by atoms with van der Waals surface area (Å²) in [6.07, 6.45) is 2.44. The summed E-state index contributed by atoms with van der Waals surface area (Å²) in [5, 5.41) is 0. The molecule has 3 saturated heterocycles. The van der Waals surface area contributed by atoms with Crippen LogP contribution in [0.5, 0.6) is 0 Å². The number of ether oxygens (including phenoxy) is 1. The van der Waals surface area contributed by atoms with Gasteiger partial charge < -0.3 is 14.5 Å². The predicted molar refractivity (Wildman–Crippen MR) is 110 cm³/mol. The number of hydrogen-bond acceptors (Lipinski definition) is 5. The molecule has 0 radical (unpaired) electrons. The summed E-state index contributed by atoms with van der Waals surface area (Å²) in [6, 6.07) is 8.42. The van der Waals surface area contributed by atoms with E-state index in [9.17, 15) is 18.0 Å². The first-order chi connectivity index (χ1) is 14.5. The van der Waals surface area contributed by atoms with Gasteiger partial charge >= 0.3 is 0 Å². The van der Waals surface area contributed by atoms with Crippen LogP contribution in [0.1, 0.15) is 25.7 Å². The Balaban J connectivity index is 1.27. The van der Waals surface area contributed by atoms with E-state index in [1.807, 2.05) is 4.90 Å². The Labute approximate surface area is 177 Å². The molecule has 30 heavy (non-hydrogen) atoms. The minimum atomic E-state index is -3.51. The van der Waals surface area contributed by atoms with Crippen LogP contribution in [0.4, 0.5) is 0 Å². The SMILES string of the molecule is O=C(C1CCN(S(=O)(=O)c2ccccc2)CC1)N1CCN(C(=O)C2CCCO2)CC1. The van der Waals surface area contributed by atoms with Crippen molar-refractivity contribution in [3.8, 4) is 0 Å². The Kier molecular flexibility index (Phi) is 6.40. The molecule has 3 fully saturated rings. The Morgan fingerprint density at radius 3 is 2.00 bits per heavy atom. The molecule has 3 heterocycles. The van der Waals surface area contributed by atoms with Crippen LogP contribution >= 0.6 is 0 Å². The molecule has 2 amide bonds. The molecule has 8 nitrogen and oxygen atoms in total. The molecule has 1 aromatic rings. The van der Waals surface area contributed by atoms with E-state index < -0.39 is 10.0 Å². The third-order valence-electron chi connectivity index (χ3n) is 6.29. The maximum Gasteiger partial charge on any atom is 0.251 e. The molecule has 3 aliphatic rings. The third-order valence-corrected chi connectivity index (χ3v) is 8.21. The van der Waals surface area contributed by atoms with Crippen LogP contribution in [-0.4, -0.2) is 86.3 Å². The van der Waals surface area contributed by atoms with Crippen molar-refractivity contribution in [2.24, 2.45) is 5.92 Å². The van der Waals surface area contributed by atoms with Crippen LogP contribution in [0.25, 0.3) is 0 Å². The molecule has 0 N–H and O–H groups in total. The number of carbonyl (C=O) groups is 2. The van der Waals surface area contributed by atoms with Gasteiger partial charge in [-0.3, -0.25) is 9.59 Å². The second-order valence-electron chi connectivity index (χ2n) is 8.14. The summed E-state index contributed by atoms with van der Waals surface area (Å²) in [6.45, 7) is 3.47. The molecule has 1 unspecified atom stereocenters. The Morgan fingerprint density at radius 2 is 1.43 bits per heavy atom. The van der Waals surface area contributed by atoms with Gasteiger partial charge in [-0.25, -0.2) is 8.42 Å². The average Bonchev–Trinajstić information content (AvgIpc) is 3.34. The highest BCUT2D eigenvalue weighted by Gasteiger charge is 2.36. The summed E-state index contributed by atoms with van der Waals surface area (Å²) in [5.41, 5.74) is 0. The quantitative estimate of drug-likeness (QED) is 0.702. The van der Waals surface area contributed by atoms with Crippen LogP contribution in [0.3, 0.4) is 0 Å². The van der Waals surface area contributed by atoms with Crippen LogP contribution in [-0.2, 0) is 24.3 Å². The first-order valence-corrected chi connectivity index (χ1v) is 12.2. The van der Waals surface area contributed by atoms with Crippen molar-refractivity contribution >= 4 is 21.8 Å². The Morgan fingerprint density at radius 1 is 0.833 bits per heavy atom. The van der Waals surface area contributed by atoms with E-state index in [1.165, 1.54) is 4.31 Å². The molecule has 164 valence electrons. The molecule has 0 aromatic heterocycles. The number of amides is 2. The molecular formula is C21H29N3O5S. The van der Waals surface area contributed by atoms with Gasteiger partial charge in [0.05, 0.1) is 4.90 Å². The van der Waals surface area contributed by atoms with Crippen LogP contribution in [0, 0.1) is 5.92 Å². The van der Waals surface area contributed by atoms with E-state index in [2.05, 4.69) is 0 Å². The van der Waals surface area contributed by atoms with Gasteiger partial charge in [0.25, 0.3) is 5.91 Å². The summed E-state index contributed by atoms with van der Waals surface area (Å²) in [7, 11) is -3.51. The van der Waals surface area contributed by atoms with E-state index >= 15 is 0 Å². The first-order valence-electron chi connectivity index (χ1n) is 10.7. The van der Waals surface area contributed by atoms with Gasteiger partial charge in [0, 0.05) is 51.8 Å². The van der Waals surface area contributed by atoms with Crippen LogP contribution < -0.4 is 0 Å². The molecule has 0 bridgehead atoms. The smallest absolute Gasteiger partial charge is 0.251 e. The topological polar surface area (TPSA) is 87.2 Å². The van der Waals surface area contributed by atoms with Crippen LogP contribution in [0.15, 0.2) is 35.2 Å². The Hall–Kier alpha value is -1.97. The van der Waals surface area contributed by atoms with E-state index in [-0.39, 0.29) is 23.8 Å². The number of hydrogen-bond donors (Lipinski definition) is 0. The van der Waals surface area contributed by atoms with Crippen molar-refractivity contribution in [3.05, 3.63) is 30.3 Å². The number of sulfonamides is 1. The van der Waals surface area contributed by atoms with Gasteiger partial charge in [0.15, 0.2) is 0 Å². The van der Waals surface area contributed by atoms with Crippen LogP contribution in [0.2, 0.25) is 0 Å². The van der Waals surface area contributed by atoms with Crippen molar-refractivity contribution in [3.63, 3.8) is 0 Å². The maximum atomic E-state index is 12.9. The summed E-state index contributed by atoms with van der Waals surface area (Å²) in [4.78, 5) is 29.3. The average molecular weight is 436 g/mol. The largest absolute Gasteiger partial charge is 0.368 e. The molecule has 1 atom stereocenters. The molecule has 0 spiro atoms. The second-order valence-corrected chi connectivity index (χ2v) is 10.1. The number of benzene rings is 1. The Bertz CT molecular complexity index is 854. The minimum absolute atomic E-state index is 0.0408. The van der Waals surface area contributed by atoms with Crippen molar-refractivity contribution < 1.29 is 22.7 Å². The van der Waals surface area contributed by atoms with Gasteiger partial charge in [-0.05, 0) is 37.8 Å². The number of nitrogens with zero attached hydrogens (tertiary/aromatic N) is 3. The standard InChI is InChI=1S/C21H29N3O5S/c25-20(22-12-14-23(15-13-22)21(26)19-7-4-16-29-19)17-8-10-24(11-9-17)30(27,28)18-5-2-1-3-6-18/h1-3,5-6,17,19H,4,7-16H2. The lowest BCUT2D eigenvalue weighted by Crippen LogP contribution is -2.54. The fourth-order valence-electron chi connectivity index (χ4n) is 4.47. The maximum absolute atomic E-state index is 12.9. The lowest BCUT2D eigenvalue weighted by Gasteiger charge is -2.38. The van der Waals surface area contributed by atoms with Gasteiger partial charge in [-0.2, -0.15) is 4.31 Å². The number of piperidine rings is 1. The van der Waals surface area contributed by atoms with Crippen molar-refractivity contribution in [1.29, 1.82) is 0 Å². The van der Waals surface area contributed by atoms with Gasteiger partial charge in [-0.15, -0.1) is 0 Å². The highest BCUT2D eigenvalue weighted by molar-refractivity contribution is 7.89. The van der Waals surface area contributed by atoms with Crippen molar-refractivity contribution in [2.75, 3.05) is 45.9 Å². The number of rotatable bonds is 4. The third kappa shape index (κ3) is 4.38. The number of piperazine rings is 1. The zero-order chi connectivity index (χ0) is 21.1. The molecule has 1 aromatic carbocycles. The van der Waals surface area contributed by atoms with Crippen molar-refractivity contribution in [2.45, 2.75) is 36.7 Å². The van der Waals surface area contributed by atoms with E-state index in [4.69, 9.17) is 4.74 Å².